The number of anilines is 3. The largest absolute Gasteiger partial charge is 0.411 e. The quantitative estimate of drug-likeness (QED) is 0.664. The molecule has 0 saturated heterocycles. The maximum absolute atomic E-state index is 11.7. The van der Waals surface area contributed by atoms with Crippen molar-refractivity contribution in [1.82, 2.24) is 9.97 Å². The Morgan fingerprint density at radius 2 is 2.00 bits per heavy atom. The highest BCUT2D eigenvalue weighted by Gasteiger charge is 2.27. The molecular formula is C8H12F3N5O. The fourth-order valence-electron chi connectivity index (χ4n) is 1.02. The Bertz CT molecular complexity index is 350. The van der Waals surface area contributed by atoms with Crippen LogP contribution in [0, 0.1) is 0 Å². The highest BCUT2D eigenvalue weighted by atomic mass is 19.4. The van der Waals surface area contributed by atoms with Gasteiger partial charge in [-0.15, -0.1) is 0 Å². The van der Waals surface area contributed by atoms with Gasteiger partial charge in [-0.25, -0.2) is 0 Å². The number of nitrogens with one attached hydrogen (secondary N) is 1. The van der Waals surface area contributed by atoms with E-state index in [0.717, 1.165) is 0 Å². The molecule has 0 aliphatic rings. The molecule has 6 nitrogen and oxygen atoms in total. The maximum atomic E-state index is 11.7. The van der Waals surface area contributed by atoms with E-state index >= 15 is 0 Å². The minimum atomic E-state index is -4.32. The van der Waals surface area contributed by atoms with Crippen molar-refractivity contribution in [3.05, 3.63) is 6.07 Å². The van der Waals surface area contributed by atoms with Crippen LogP contribution in [0.1, 0.15) is 0 Å². The van der Waals surface area contributed by atoms with Gasteiger partial charge in [-0.2, -0.15) is 23.1 Å². The summed E-state index contributed by atoms with van der Waals surface area (Å²) in [6, 6.07) is 1.42. The molecule has 5 N–H and O–H groups in total. The molecule has 0 saturated carbocycles. The highest BCUT2D eigenvalue weighted by molar-refractivity contribution is 5.48. The molecule has 1 rings (SSSR count). The van der Waals surface area contributed by atoms with Crippen LogP contribution in [0.5, 0.6) is 0 Å². The Hall–Kier alpha value is -1.77. The molecule has 0 fully saturated rings. The normalized spacial score (nSPS) is 11.5. The van der Waals surface area contributed by atoms with Gasteiger partial charge < -0.3 is 21.5 Å². The molecule has 0 aliphatic carbocycles. The number of nitrogen functional groups attached to an aromatic ring is 2. The minimum Gasteiger partial charge on any atom is -0.383 e. The van der Waals surface area contributed by atoms with Gasteiger partial charge in [0.15, 0.2) is 0 Å². The zero-order chi connectivity index (χ0) is 12.9. The Morgan fingerprint density at radius 1 is 1.29 bits per heavy atom. The number of halogens is 3. The number of rotatable bonds is 5. The summed E-state index contributed by atoms with van der Waals surface area (Å²) < 4.78 is 39.5. The maximum Gasteiger partial charge on any atom is 0.411 e. The van der Waals surface area contributed by atoms with E-state index < -0.39 is 12.8 Å². The van der Waals surface area contributed by atoms with Gasteiger partial charge in [0.2, 0.25) is 5.95 Å². The van der Waals surface area contributed by atoms with E-state index in [4.69, 9.17) is 11.5 Å². The number of aromatic nitrogens is 2. The first-order chi connectivity index (χ1) is 7.87. The fraction of sp³-hybridized carbons (Fsp3) is 0.500. The van der Waals surface area contributed by atoms with Crippen LogP contribution in [-0.4, -0.2) is 35.9 Å². The lowest BCUT2D eigenvalue weighted by molar-refractivity contribution is -0.172. The number of hydrogen-bond donors (Lipinski definition) is 3. The molecule has 1 aromatic heterocycles. The second kappa shape index (κ2) is 5.53. The lowest BCUT2D eigenvalue weighted by atomic mass is 10.5. The number of nitrogens with two attached hydrogens (primary N) is 2. The van der Waals surface area contributed by atoms with E-state index in [2.05, 4.69) is 20.0 Å². The fourth-order valence-corrected chi connectivity index (χ4v) is 1.02. The summed E-state index contributed by atoms with van der Waals surface area (Å²) >= 11 is 0. The van der Waals surface area contributed by atoms with E-state index in [1.807, 2.05) is 0 Å². The third-order valence-electron chi connectivity index (χ3n) is 1.58. The molecule has 0 unspecified atom stereocenters. The summed E-state index contributed by atoms with van der Waals surface area (Å²) in [4.78, 5) is 7.41. The zero-order valence-electron chi connectivity index (χ0n) is 8.79. The number of hydrogen-bond acceptors (Lipinski definition) is 6. The minimum absolute atomic E-state index is 0.0105. The average Bonchev–Trinajstić information content (AvgIpc) is 2.13. The lowest BCUT2D eigenvalue weighted by Crippen LogP contribution is -2.20. The summed E-state index contributed by atoms with van der Waals surface area (Å²) in [5.74, 6) is 0.505. The Labute approximate surface area is 95.2 Å². The molecule has 0 amide bonds. The predicted octanol–water partition coefficient (Wildman–Crippen LogP) is 0.632. The molecule has 1 heterocycles. The smallest absolute Gasteiger partial charge is 0.383 e. The van der Waals surface area contributed by atoms with Crippen LogP contribution < -0.4 is 16.8 Å². The van der Waals surface area contributed by atoms with Crippen molar-refractivity contribution in [3.63, 3.8) is 0 Å². The molecule has 17 heavy (non-hydrogen) atoms. The summed E-state index contributed by atoms with van der Waals surface area (Å²) in [5.41, 5.74) is 10.7. The van der Waals surface area contributed by atoms with Gasteiger partial charge >= 0.3 is 6.18 Å². The van der Waals surface area contributed by atoms with E-state index in [1.165, 1.54) is 6.07 Å². The van der Waals surface area contributed by atoms with Crippen LogP contribution in [0.3, 0.4) is 0 Å². The molecular weight excluding hydrogens is 239 g/mol. The second-order valence-corrected chi connectivity index (χ2v) is 3.13. The number of alkyl halides is 3. The molecule has 0 atom stereocenters. The second-order valence-electron chi connectivity index (χ2n) is 3.13. The Morgan fingerprint density at radius 3 is 2.59 bits per heavy atom. The van der Waals surface area contributed by atoms with Gasteiger partial charge in [-0.05, 0) is 0 Å². The van der Waals surface area contributed by atoms with Gasteiger partial charge in [0.05, 0.1) is 6.61 Å². The molecule has 0 aliphatic heterocycles. The van der Waals surface area contributed by atoms with E-state index in [9.17, 15) is 13.2 Å². The zero-order valence-corrected chi connectivity index (χ0v) is 8.79. The van der Waals surface area contributed by atoms with Gasteiger partial charge in [0.25, 0.3) is 0 Å². The van der Waals surface area contributed by atoms with Gasteiger partial charge in [0, 0.05) is 12.6 Å². The Balaban J connectivity index is 2.27. The van der Waals surface area contributed by atoms with Crippen LogP contribution >= 0.6 is 0 Å². The van der Waals surface area contributed by atoms with E-state index in [-0.39, 0.29) is 24.9 Å². The molecule has 0 bridgehead atoms. The molecule has 1 aromatic rings. The summed E-state index contributed by atoms with van der Waals surface area (Å²) in [7, 11) is 0. The van der Waals surface area contributed by atoms with Crippen molar-refractivity contribution in [2.24, 2.45) is 0 Å². The van der Waals surface area contributed by atoms with Crippen molar-refractivity contribution in [2.75, 3.05) is 36.5 Å². The molecule has 0 aromatic carbocycles. The molecule has 96 valence electrons. The highest BCUT2D eigenvalue weighted by Crippen LogP contribution is 2.14. The third-order valence-corrected chi connectivity index (χ3v) is 1.58. The predicted molar refractivity (Wildman–Crippen MR) is 56.2 cm³/mol. The van der Waals surface area contributed by atoms with Crippen LogP contribution in [-0.2, 0) is 4.74 Å². The topological polar surface area (TPSA) is 99.1 Å². The number of ether oxygens (including phenoxy) is 1. The molecule has 9 heteroatoms. The van der Waals surface area contributed by atoms with Gasteiger partial charge in [-0.1, -0.05) is 0 Å². The average molecular weight is 251 g/mol. The van der Waals surface area contributed by atoms with E-state index in [0.29, 0.717) is 5.82 Å². The van der Waals surface area contributed by atoms with E-state index in [1.54, 1.807) is 0 Å². The first kappa shape index (κ1) is 13.3. The summed E-state index contributed by atoms with van der Waals surface area (Å²) in [6.07, 6.45) is -4.32. The van der Waals surface area contributed by atoms with Crippen LogP contribution in [0.4, 0.5) is 30.8 Å². The lowest BCUT2D eigenvalue weighted by Gasteiger charge is -2.09. The van der Waals surface area contributed by atoms with Crippen LogP contribution in [0.15, 0.2) is 6.07 Å². The van der Waals surface area contributed by atoms with Crippen LogP contribution in [0.25, 0.3) is 0 Å². The van der Waals surface area contributed by atoms with Crippen molar-refractivity contribution in [1.29, 1.82) is 0 Å². The van der Waals surface area contributed by atoms with Gasteiger partial charge in [0.1, 0.15) is 18.2 Å². The standard InChI is InChI=1S/C8H12F3N5O/c9-8(10,11)4-17-2-1-14-6-3-5(12)15-7(13)16-6/h3H,1-2,4H2,(H5,12,13,14,15,16). The van der Waals surface area contributed by atoms with Crippen molar-refractivity contribution in [3.8, 4) is 0 Å². The van der Waals surface area contributed by atoms with Crippen molar-refractivity contribution < 1.29 is 17.9 Å². The Kier molecular flexibility index (Phi) is 4.32. The number of nitrogens with zero attached hydrogens (tertiary/aromatic N) is 2. The first-order valence-electron chi connectivity index (χ1n) is 4.65. The first-order valence-corrected chi connectivity index (χ1v) is 4.65. The SMILES string of the molecule is Nc1cc(NCCOCC(F)(F)F)nc(N)n1. The van der Waals surface area contributed by atoms with Crippen molar-refractivity contribution >= 4 is 17.6 Å². The molecule has 0 spiro atoms. The summed E-state index contributed by atoms with van der Waals surface area (Å²) in [5, 5.41) is 2.71. The molecule has 0 radical (unpaired) electrons. The summed E-state index contributed by atoms with van der Waals surface area (Å²) in [6.45, 7) is -1.22. The van der Waals surface area contributed by atoms with Crippen molar-refractivity contribution in [2.45, 2.75) is 6.18 Å². The monoisotopic (exact) mass is 251 g/mol. The third kappa shape index (κ3) is 5.76. The van der Waals surface area contributed by atoms with Crippen LogP contribution in [0.2, 0.25) is 0 Å². The van der Waals surface area contributed by atoms with Gasteiger partial charge in [-0.3, -0.25) is 0 Å².